The van der Waals surface area contributed by atoms with Gasteiger partial charge in [0.15, 0.2) is 5.78 Å². The number of rotatable bonds is 14. The number of hydrogen-bond donors (Lipinski definition) is 4. The minimum absolute atomic E-state index is 0.0461. The number of nitrogens with one attached hydrogen (secondary N) is 1. The summed E-state index contributed by atoms with van der Waals surface area (Å²) in [6.45, 7) is 3.57. The van der Waals surface area contributed by atoms with Crippen molar-refractivity contribution in [3.63, 3.8) is 0 Å². The molecule has 0 aliphatic rings. The van der Waals surface area contributed by atoms with E-state index in [2.05, 4.69) is 11.9 Å². The Hall–Kier alpha value is -1.52. The zero-order chi connectivity index (χ0) is 18.5. The number of carboxylic acids is 2. The second kappa shape index (κ2) is 12.8. The first-order valence-electron chi connectivity index (χ1n) is 7.15. The minimum atomic E-state index is -1.20. The summed E-state index contributed by atoms with van der Waals surface area (Å²) in [4.78, 5) is 45.1. The van der Waals surface area contributed by atoms with Gasteiger partial charge in [-0.15, -0.1) is 6.58 Å². The number of aliphatic carboxylic acids is 2. The second-order valence-electron chi connectivity index (χ2n) is 4.82. The molecule has 0 heterocycles. The molecule has 0 fully saturated rings. The van der Waals surface area contributed by atoms with E-state index in [1.54, 1.807) is 6.08 Å². The van der Waals surface area contributed by atoms with Crippen LogP contribution in [0.3, 0.4) is 0 Å². The Morgan fingerprint density at radius 1 is 1.12 bits per heavy atom. The van der Waals surface area contributed by atoms with Crippen molar-refractivity contribution < 1.29 is 29.4 Å². The fourth-order valence-electron chi connectivity index (χ4n) is 1.51. The molecule has 10 heteroatoms. The first-order valence-corrected chi connectivity index (χ1v) is 9.64. The van der Waals surface area contributed by atoms with E-state index in [9.17, 15) is 19.2 Å². The molecule has 1 amide bonds. The topological polar surface area (TPSA) is 147 Å². The van der Waals surface area contributed by atoms with Gasteiger partial charge in [0.05, 0.1) is 12.5 Å². The summed E-state index contributed by atoms with van der Waals surface area (Å²) in [6.07, 6.45) is 1.04. The lowest BCUT2D eigenvalue weighted by molar-refractivity contribution is -0.139. The zero-order valence-corrected chi connectivity index (χ0v) is 14.7. The summed E-state index contributed by atoms with van der Waals surface area (Å²) in [5.41, 5.74) is 5.32. The Morgan fingerprint density at radius 2 is 1.79 bits per heavy atom. The Morgan fingerprint density at radius 3 is 2.33 bits per heavy atom. The zero-order valence-electron chi connectivity index (χ0n) is 13.1. The summed E-state index contributed by atoms with van der Waals surface area (Å²) in [7, 11) is 2.82. The van der Waals surface area contributed by atoms with Crippen LogP contribution in [-0.4, -0.2) is 57.4 Å². The van der Waals surface area contributed by atoms with E-state index >= 15 is 0 Å². The monoisotopic (exact) mass is 378 g/mol. The van der Waals surface area contributed by atoms with Crippen molar-refractivity contribution in [3.8, 4) is 0 Å². The van der Waals surface area contributed by atoms with Crippen molar-refractivity contribution >= 4 is 45.2 Å². The number of nitrogens with two attached hydrogens (primary N) is 1. The lowest BCUT2D eigenvalue weighted by atomic mass is 10.1. The normalized spacial score (nSPS) is 12.9. The molecule has 0 aromatic carbocycles. The second-order valence-corrected chi connectivity index (χ2v) is 7.37. The summed E-state index contributed by atoms with van der Waals surface area (Å²) < 4.78 is 0. The number of carboxylic acid groups (broad SMARTS) is 2. The van der Waals surface area contributed by atoms with Gasteiger partial charge in [0.2, 0.25) is 5.91 Å². The molecule has 0 saturated carbocycles. The third kappa shape index (κ3) is 11.1. The Balaban J connectivity index is 4.51. The van der Waals surface area contributed by atoms with Crippen LogP contribution in [-0.2, 0) is 19.2 Å². The quantitative estimate of drug-likeness (QED) is 0.194. The first kappa shape index (κ1) is 22.5. The fourth-order valence-corrected chi connectivity index (χ4v) is 3.48. The highest BCUT2D eigenvalue weighted by Crippen LogP contribution is 2.22. The van der Waals surface area contributed by atoms with Crippen LogP contribution in [0.1, 0.15) is 25.7 Å². The molecule has 2 atom stereocenters. The number of hydrogen-bond acceptors (Lipinski definition) is 7. The fraction of sp³-hybridized carbons (Fsp3) is 0.571. The summed E-state index contributed by atoms with van der Waals surface area (Å²) in [6, 6.07) is -1.96. The van der Waals surface area contributed by atoms with Gasteiger partial charge in [-0.3, -0.25) is 19.2 Å². The van der Waals surface area contributed by atoms with Crippen LogP contribution >= 0.6 is 21.6 Å². The average Bonchev–Trinajstić information content (AvgIpc) is 2.52. The van der Waals surface area contributed by atoms with Crippen molar-refractivity contribution in [2.75, 3.05) is 11.5 Å². The third-order valence-corrected chi connectivity index (χ3v) is 5.14. The van der Waals surface area contributed by atoms with E-state index in [0.717, 1.165) is 0 Å². The van der Waals surface area contributed by atoms with Gasteiger partial charge in [0.1, 0.15) is 6.04 Å². The van der Waals surface area contributed by atoms with Crippen LogP contribution in [0, 0.1) is 0 Å². The van der Waals surface area contributed by atoms with Crippen LogP contribution in [0.2, 0.25) is 0 Å². The maximum atomic E-state index is 12.1. The molecular weight excluding hydrogens is 356 g/mol. The van der Waals surface area contributed by atoms with E-state index in [1.807, 2.05) is 0 Å². The molecule has 136 valence electrons. The van der Waals surface area contributed by atoms with Crippen LogP contribution in [0.25, 0.3) is 0 Å². The van der Waals surface area contributed by atoms with Gasteiger partial charge in [-0.2, -0.15) is 0 Å². The molecule has 5 N–H and O–H groups in total. The lowest BCUT2D eigenvalue weighted by Gasteiger charge is -2.17. The molecule has 0 aliphatic carbocycles. The molecule has 0 unspecified atom stereocenters. The molecule has 0 aliphatic heterocycles. The summed E-state index contributed by atoms with van der Waals surface area (Å²) in [5, 5.41) is 19.8. The number of carbonyl (C=O) groups excluding carboxylic acids is 2. The van der Waals surface area contributed by atoms with Crippen LogP contribution < -0.4 is 11.1 Å². The van der Waals surface area contributed by atoms with Gasteiger partial charge in [-0.05, 0) is 6.42 Å². The van der Waals surface area contributed by atoms with Crippen molar-refractivity contribution in [1.82, 2.24) is 5.32 Å². The predicted molar refractivity (Wildman–Crippen MR) is 93.8 cm³/mol. The molecule has 0 radical (unpaired) electrons. The average molecular weight is 378 g/mol. The van der Waals surface area contributed by atoms with Gasteiger partial charge in [0, 0.05) is 24.3 Å². The summed E-state index contributed by atoms with van der Waals surface area (Å²) in [5.74, 6) is -2.20. The standard InChI is InChI=1S/C14H22N2O6S2/c1-2-7-23-24-8-10(11(17)4-6-13(19)20)16-12(18)5-3-9(15)14(21)22/h2,9-10H,1,3-8,15H2,(H,16,18)(H,19,20)(H,21,22)/t9-,10-/m0/s1. The van der Waals surface area contributed by atoms with Crippen LogP contribution in [0.4, 0.5) is 0 Å². The molecule has 0 saturated heterocycles. The SMILES string of the molecule is C=CCSSC[C@H](NC(=O)CC[C@H](N)C(=O)O)C(=O)CCC(=O)O. The van der Waals surface area contributed by atoms with E-state index in [1.165, 1.54) is 21.6 Å². The summed E-state index contributed by atoms with van der Waals surface area (Å²) >= 11 is 0. The molecule has 0 rings (SSSR count). The smallest absolute Gasteiger partial charge is 0.320 e. The van der Waals surface area contributed by atoms with Gasteiger partial charge in [0.25, 0.3) is 0 Å². The van der Waals surface area contributed by atoms with E-state index in [-0.39, 0.29) is 37.2 Å². The van der Waals surface area contributed by atoms with E-state index < -0.39 is 29.9 Å². The Labute approximate surface area is 148 Å². The number of ketones is 1. The highest BCUT2D eigenvalue weighted by atomic mass is 33.1. The van der Waals surface area contributed by atoms with Crippen molar-refractivity contribution in [2.24, 2.45) is 5.73 Å². The minimum Gasteiger partial charge on any atom is -0.481 e. The highest BCUT2D eigenvalue weighted by Gasteiger charge is 2.22. The van der Waals surface area contributed by atoms with E-state index in [0.29, 0.717) is 5.75 Å². The third-order valence-electron chi connectivity index (χ3n) is 2.81. The van der Waals surface area contributed by atoms with Gasteiger partial charge < -0.3 is 21.3 Å². The molecule has 8 nitrogen and oxygen atoms in total. The predicted octanol–water partition coefficient (Wildman–Crippen LogP) is 0.665. The van der Waals surface area contributed by atoms with Crippen molar-refractivity contribution in [2.45, 2.75) is 37.8 Å². The van der Waals surface area contributed by atoms with Crippen LogP contribution in [0.15, 0.2) is 12.7 Å². The molecular formula is C14H22N2O6S2. The molecule has 0 aromatic rings. The molecule has 0 bridgehead atoms. The molecule has 0 aromatic heterocycles. The Kier molecular flexibility index (Phi) is 12.0. The van der Waals surface area contributed by atoms with Gasteiger partial charge >= 0.3 is 11.9 Å². The maximum Gasteiger partial charge on any atom is 0.320 e. The van der Waals surface area contributed by atoms with Crippen molar-refractivity contribution in [1.29, 1.82) is 0 Å². The largest absolute Gasteiger partial charge is 0.481 e. The van der Waals surface area contributed by atoms with E-state index in [4.69, 9.17) is 15.9 Å². The number of carbonyl (C=O) groups is 4. The Bertz CT molecular complexity index is 472. The first-order chi connectivity index (χ1) is 11.3. The molecule has 24 heavy (non-hydrogen) atoms. The maximum absolute atomic E-state index is 12.1. The van der Waals surface area contributed by atoms with Gasteiger partial charge in [-0.1, -0.05) is 27.7 Å². The lowest BCUT2D eigenvalue weighted by Crippen LogP contribution is -2.43. The van der Waals surface area contributed by atoms with Crippen LogP contribution in [0.5, 0.6) is 0 Å². The van der Waals surface area contributed by atoms with Gasteiger partial charge in [-0.25, -0.2) is 0 Å². The highest BCUT2D eigenvalue weighted by molar-refractivity contribution is 8.76. The van der Waals surface area contributed by atoms with Crippen molar-refractivity contribution in [3.05, 3.63) is 12.7 Å². The number of Topliss-reactive ketones (excluding diaryl/α,β-unsaturated/α-hetero) is 1. The molecule has 0 spiro atoms. The number of amides is 1.